The Morgan fingerprint density at radius 2 is 1.97 bits per heavy atom. The summed E-state index contributed by atoms with van der Waals surface area (Å²) in [5.41, 5.74) is 3.71. The molecule has 0 atom stereocenters. The number of carbonyl (C=O) groups excluding carboxylic acids is 1. The van der Waals surface area contributed by atoms with E-state index in [2.05, 4.69) is 38.2 Å². The molecule has 29 heavy (non-hydrogen) atoms. The Hall–Kier alpha value is -2.69. The highest BCUT2D eigenvalue weighted by molar-refractivity contribution is 9.10. The standard InChI is InChI=1S/C22H19BrN2O3S/c1-5-6-28-20-15(10-16(23)12-18(20)27-4)11-19-21(26)25-22(29-19)24-17-8-13(2)7-14(3)9-17/h1,7-12H,6H2,2-4H3,(H,24,25,26)/b19-11+. The fourth-order valence-corrected chi connectivity index (χ4v) is 4.16. The molecule has 1 N–H and O–H groups in total. The Bertz CT molecular complexity index is 1050. The smallest absolute Gasteiger partial charge is 0.264 e. The third kappa shape index (κ3) is 5.22. The first-order valence-corrected chi connectivity index (χ1v) is 10.3. The lowest BCUT2D eigenvalue weighted by Crippen LogP contribution is -2.19. The van der Waals surface area contributed by atoms with Gasteiger partial charge < -0.3 is 14.8 Å². The number of thioether (sulfide) groups is 1. The van der Waals surface area contributed by atoms with Crippen LogP contribution < -0.4 is 14.8 Å². The van der Waals surface area contributed by atoms with Crippen LogP contribution in [0.3, 0.4) is 0 Å². The van der Waals surface area contributed by atoms with Gasteiger partial charge in [0.15, 0.2) is 16.7 Å². The largest absolute Gasteiger partial charge is 0.493 e. The van der Waals surface area contributed by atoms with Gasteiger partial charge in [-0.25, -0.2) is 4.99 Å². The number of benzene rings is 2. The van der Waals surface area contributed by atoms with Gasteiger partial charge in [0.05, 0.1) is 17.7 Å². The first kappa shape index (κ1) is 21.0. The zero-order chi connectivity index (χ0) is 21.0. The molecule has 1 aliphatic heterocycles. The lowest BCUT2D eigenvalue weighted by Gasteiger charge is -2.12. The van der Waals surface area contributed by atoms with E-state index in [-0.39, 0.29) is 12.5 Å². The van der Waals surface area contributed by atoms with E-state index < -0.39 is 0 Å². The highest BCUT2D eigenvalue weighted by Gasteiger charge is 2.25. The maximum Gasteiger partial charge on any atom is 0.264 e. The van der Waals surface area contributed by atoms with Crippen molar-refractivity contribution in [2.24, 2.45) is 4.99 Å². The summed E-state index contributed by atoms with van der Waals surface area (Å²) in [7, 11) is 1.55. The van der Waals surface area contributed by atoms with Crippen molar-refractivity contribution in [1.82, 2.24) is 5.32 Å². The number of halogens is 1. The van der Waals surface area contributed by atoms with Crippen LogP contribution in [0.25, 0.3) is 6.08 Å². The van der Waals surface area contributed by atoms with Gasteiger partial charge in [-0.1, -0.05) is 27.9 Å². The third-order valence-corrected chi connectivity index (χ3v) is 5.31. The SMILES string of the molecule is C#CCOc1c(/C=C2/SC(=Nc3cc(C)cc(C)c3)NC2=O)cc(Br)cc1OC. The summed E-state index contributed by atoms with van der Waals surface area (Å²) in [6.45, 7) is 4.12. The minimum Gasteiger partial charge on any atom is -0.493 e. The van der Waals surface area contributed by atoms with Crippen molar-refractivity contribution in [2.75, 3.05) is 13.7 Å². The molecule has 1 saturated heterocycles. The summed E-state index contributed by atoms with van der Waals surface area (Å²) >= 11 is 4.72. The maximum absolute atomic E-state index is 12.5. The number of rotatable bonds is 5. The van der Waals surface area contributed by atoms with E-state index in [1.54, 1.807) is 19.3 Å². The monoisotopic (exact) mass is 470 g/mol. The van der Waals surface area contributed by atoms with Crippen molar-refractivity contribution in [1.29, 1.82) is 0 Å². The molecule has 2 aromatic rings. The van der Waals surface area contributed by atoms with Gasteiger partial charge in [-0.2, -0.15) is 0 Å². The van der Waals surface area contributed by atoms with Gasteiger partial charge in [0.1, 0.15) is 6.61 Å². The molecule has 0 spiro atoms. The van der Waals surface area contributed by atoms with Crippen LogP contribution in [0.2, 0.25) is 0 Å². The van der Waals surface area contributed by atoms with Gasteiger partial charge >= 0.3 is 0 Å². The molecular weight excluding hydrogens is 452 g/mol. The topological polar surface area (TPSA) is 59.9 Å². The van der Waals surface area contributed by atoms with Crippen LogP contribution in [0.4, 0.5) is 5.69 Å². The number of aryl methyl sites for hydroxylation is 2. The van der Waals surface area contributed by atoms with Gasteiger partial charge in [0.25, 0.3) is 5.91 Å². The molecule has 0 bridgehead atoms. The molecule has 0 radical (unpaired) electrons. The lowest BCUT2D eigenvalue weighted by molar-refractivity contribution is -0.115. The Balaban J connectivity index is 1.95. The molecular formula is C22H19BrN2O3S. The van der Waals surface area contributed by atoms with E-state index in [9.17, 15) is 4.79 Å². The van der Waals surface area contributed by atoms with Crippen LogP contribution in [-0.4, -0.2) is 24.8 Å². The predicted molar refractivity (Wildman–Crippen MR) is 122 cm³/mol. The Kier molecular flexibility index (Phi) is 6.68. The quantitative estimate of drug-likeness (QED) is 0.494. The van der Waals surface area contributed by atoms with Crippen LogP contribution in [-0.2, 0) is 4.79 Å². The van der Waals surface area contributed by atoms with E-state index >= 15 is 0 Å². The van der Waals surface area contributed by atoms with E-state index in [4.69, 9.17) is 15.9 Å². The highest BCUT2D eigenvalue weighted by Crippen LogP contribution is 2.38. The molecule has 1 fully saturated rings. The molecule has 0 aromatic heterocycles. The second-order valence-electron chi connectivity index (χ2n) is 6.35. The molecule has 0 unspecified atom stereocenters. The number of amidine groups is 1. The van der Waals surface area contributed by atoms with Crippen molar-refractivity contribution in [3.8, 4) is 23.8 Å². The molecule has 5 nitrogen and oxygen atoms in total. The van der Waals surface area contributed by atoms with Crippen LogP contribution in [0.15, 0.2) is 44.7 Å². The maximum atomic E-state index is 12.5. The first-order chi connectivity index (χ1) is 13.9. The van der Waals surface area contributed by atoms with E-state index in [1.165, 1.54) is 11.8 Å². The van der Waals surface area contributed by atoms with Gasteiger partial charge in [-0.3, -0.25) is 4.79 Å². The number of methoxy groups -OCH3 is 1. The Morgan fingerprint density at radius 3 is 2.62 bits per heavy atom. The average molecular weight is 471 g/mol. The normalized spacial score (nSPS) is 16.0. The minimum absolute atomic E-state index is 0.0902. The fourth-order valence-electron chi connectivity index (χ4n) is 2.87. The molecule has 1 heterocycles. The lowest BCUT2D eigenvalue weighted by atomic mass is 10.1. The van der Waals surface area contributed by atoms with Crippen molar-refractivity contribution >= 4 is 50.5 Å². The number of ether oxygens (including phenoxy) is 2. The number of aliphatic imine (C=N–C) groups is 1. The van der Waals surface area contributed by atoms with E-state index in [0.717, 1.165) is 21.3 Å². The predicted octanol–water partition coefficient (Wildman–Crippen LogP) is 4.98. The Labute approximate surface area is 182 Å². The summed E-state index contributed by atoms with van der Waals surface area (Å²) in [4.78, 5) is 17.5. The number of hydrogen-bond donors (Lipinski definition) is 1. The van der Waals surface area contributed by atoms with Crippen LogP contribution in [0, 0.1) is 26.2 Å². The van der Waals surface area contributed by atoms with Crippen molar-refractivity contribution in [3.05, 3.63) is 56.4 Å². The van der Waals surface area contributed by atoms with Crippen molar-refractivity contribution in [2.45, 2.75) is 13.8 Å². The van der Waals surface area contributed by atoms with Crippen molar-refractivity contribution < 1.29 is 14.3 Å². The summed E-state index contributed by atoms with van der Waals surface area (Å²) < 4.78 is 11.8. The minimum atomic E-state index is -0.222. The average Bonchev–Trinajstić information content (AvgIpc) is 2.98. The van der Waals surface area contributed by atoms with Gasteiger partial charge in [0, 0.05) is 10.0 Å². The summed E-state index contributed by atoms with van der Waals surface area (Å²) in [5.74, 6) is 3.22. The second-order valence-corrected chi connectivity index (χ2v) is 8.29. The number of carbonyl (C=O) groups is 1. The van der Waals surface area contributed by atoms with Gasteiger partial charge in [-0.05, 0) is 67.1 Å². The highest BCUT2D eigenvalue weighted by atomic mass is 79.9. The van der Waals surface area contributed by atoms with Gasteiger partial charge in [-0.15, -0.1) is 6.42 Å². The van der Waals surface area contributed by atoms with Crippen molar-refractivity contribution in [3.63, 3.8) is 0 Å². The number of terminal acetylenes is 1. The number of hydrogen-bond acceptors (Lipinski definition) is 5. The second kappa shape index (κ2) is 9.21. The molecule has 1 amide bonds. The zero-order valence-corrected chi connectivity index (χ0v) is 18.6. The van der Waals surface area contributed by atoms with Crippen LogP contribution in [0.1, 0.15) is 16.7 Å². The molecule has 0 aliphatic carbocycles. The van der Waals surface area contributed by atoms with E-state index in [1.807, 2.05) is 32.0 Å². The zero-order valence-electron chi connectivity index (χ0n) is 16.2. The number of amides is 1. The number of nitrogens with zero attached hydrogens (tertiary/aromatic N) is 1. The van der Waals surface area contributed by atoms with Crippen LogP contribution in [0.5, 0.6) is 11.5 Å². The Morgan fingerprint density at radius 1 is 1.24 bits per heavy atom. The summed E-state index contributed by atoms with van der Waals surface area (Å²) in [5, 5.41) is 3.33. The van der Waals surface area contributed by atoms with Gasteiger partial charge in [0.2, 0.25) is 0 Å². The molecule has 0 saturated carbocycles. The fraction of sp³-hybridized carbons (Fsp3) is 0.182. The molecule has 148 valence electrons. The summed E-state index contributed by atoms with van der Waals surface area (Å²) in [6, 6.07) is 9.64. The molecule has 3 rings (SSSR count). The molecule has 7 heteroatoms. The molecule has 1 aliphatic rings. The van der Waals surface area contributed by atoms with Crippen LogP contribution >= 0.6 is 27.7 Å². The number of nitrogens with one attached hydrogen (secondary N) is 1. The molecule has 2 aromatic carbocycles. The first-order valence-electron chi connectivity index (χ1n) is 8.71. The summed E-state index contributed by atoms with van der Waals surface area (Å²) in [6.07, 6.45) is 7.06. The third-order valence-electron chi connectivity index (χ3n) is 3.94. The van der Waals surface area contributed by atoms with E-state index in [0.29, 0.717) is 27.1 Å².